The van der Waals surface area contributed by atoms with Gasteiger partial charge in [0.05, 0.1) is 17.7 Å². The van der Waals surface area contributed by atoms with Gasteiger partial charge in [0.1, 0.15) is 33.0 Å². The summed E-state index contributed by atoms with van der Waals surface area (Å²) in [5.41, 5.74) is 1.68. The van der Waals surface area contributed by atoms with Crippen molar-refractivity contribution in [1.82, 2.24) is 5.16 Å². The molecule has 0 aliphatic heterocycles. The fourth-order valence-electron chi connectivity index (χ4n) is 2.67. The summed E-state index contributed by atoms with van der Waals surface area (Å²) in [5.74, 6) is -0.798. The van der Waals surface area contributed by atoms with Crippen molar-refractivity contribution < 1.29 is 18.8 Å². The van der Waals surface area contributed by atoms with Crippen molar-refractivity contribution in [2.45, 2.75) is 13.8 Å². The van der Waals surface area contributed by atoms with E-state index < -0.39 is 11.9 Å². The van der Waals surface area contributed by atoms with Crippen molar-refractivity contribution in [3.63, 3.8) is 0 Å². The number of aryl methyl sites for hydroxylation is 1. The van der Waals surface area contributed by atoms with E-state index in [-0.39, 0.29) is 21.0 Å². The van der Waals surface area contributed by atoms with Crippen molar-refractivity contribution in [1.29, 1.82) is 5.26 Å². The Morgan fingerprint density at radius 1 is 1.32 bits per heavy atom. The molecule has 1 aromatic carbocycles. The number of benzene rings is 1. The molecule has 0 aliphatic rings. The van der Waals surface area contributed by atoms with Gasteiger partial charge in [0.2, 0.25) is 0 Å². The van der Waals surface area contributed by atoms with E-state index in [1.807, 2.05) is 6.07 Å². The van der Waals surface area contributed by atoms with E-state index in [4.69, 9.17) is 20.9 Å². The Hall–Kier alpha value is -3.15. The van der Waals surface area contributed by atoms with Crippen LogP contribution in [0.15, 0.2) is 28.8 Å². The second-order valence-corrected chi connectivity index (χ2v) is 7.19. The lowest BCUT2D eigenvalue weighted by atomic mass is 10.1. The number of nitrogens with zero attached hydrogens (tertiary/aromatic N) is 2. The predicted molar refractivity (Wildman–Crippen MR) is 105 cm³/mol. The molecule has 0 atom stereocenters. The monoisotopic (exact) mass is 415 g/mol. The second kappa shape index (κ2) is 7.84. The Labute approximate surface area is 169 Å². The number of anilines is 1. The van der Waals surface area contributed by atoms with Gasteiger partial charge in [-0.15, -0.1) is 11.3 Å². The molecule has 0 aliphatic carbocycles. The zero-order chi connectivity index (χ0) is 20.4. The smallest absolute Gasteiger partial charge is 0.348 e. The summed E-state index contributed by atoms with van der Waals surface area (Å²) >= 11 is 7.20. The molecule has 28 heavy (non-hydrogen) atoms. The standard InChI is InChI=1S/C19H14ClN3O4S/c1-9-12(8-21)18(28-16(9)19(25)26-3)22-17(24)14-10(2)27-23-15(14)11-6-4-5-7-13(11)20/h4-7H,1-3H3,(H,22,24). The maximum Gasteiger partial charge on any atom is 0.348 e. The van der Waals surface area contributed by atoms with Gasteiger partial charge in [-0.3, -0.25) is 4.79 Å². The van der Waals surface area contributed by atoms with Gasteiger partial charge in [-0.05, 0) is 25.5 Å². The number of esters is 1. The molecule has 2 aromatic heterocycles. The summed E-state index contributed by atoms with van der Waals surface area (Å²) in [6, 6.07) is 8.95. The average molecular weight is 416 g/mol. The van der Waals surface area contributed by atoms with E-state index in [1.54, 1.807) is 38.1 Å². The molecule has 0 unspecified atom stereocenters. The van der Waals surface area contributed by atoms with Crippen LogP contribution < -0.4 is 5.32 Å². The lowest BCUT2D eigenvalue weighted by Crippen LogP contribution is -2.13. The second-order valence-electron chi connectivity index (χ2n) is 5.76. The first-order chi connectivity index (χ1) is 13.4. The number of carbonyl (C=O) groups is 2. The third kappa shape index (κ3) is 3.38. The Kier molecular flexibility index (Phi) is 5.49. The van der Waals surface area contributed by atoms with Crippen LogP contribution in [-0.2, 0) is 4.74 Å². The van der Waals surface area contributed by atoms with E-state index >= 15 is 0 Å². The van der Waals surface area contributed by atoms with Crippen LogP contribution in [0.1, 0.15) is 36.9 Å². The summed E-state index contributed by atoms with van der Waals surface area (Å²) in [4.78, 5) is 25.1. The van der Waals surface area contributed by atoms with Gasteiger partial charge in [-0.2, -0.15) is 5.26 Å². The molecule has 0 spiro atoms. The third-order valence-corrected chi connectivity index (χ3v) is 5.59. The van der Waals surface area contributed by atoms with Gasteiger partial charge < -0.3 is 14.6 Å². The van der Waals surface area contributed by atoms with Gasteiger partial charge >= 0.3 is 5.97 Å². The zero-order valence-corrected chi connectivity index (χ0v) is 16.7. The normalized spacial score (nSPS) is 10.4. The largest absolute Gasteiger partial charge is 0.465 e. The minimum Gasteiger partial charge on any atom is -0.465 e. The van der Waals surface area contributed by atoms with Crippen LogP contribution in [0.5, 0.6) is 0 Å². The molecule has 0 bridgehead atoms. The van der Waals surface area contributed by atoms with Gasteiger partial charge in [-0.25, -0.2) is 4.79 Å². The highest BCUT2D eigenvalue weighted by Gasteiger charge is 2.26. The number of nitriles is 1. The van der Waals surface area contributed by atoms with Gasteiger partial charge in [0.15, 0.2) is 0 Å². The zero-order valence-electron chi connectivity index (χ0n) is 15.1. The van der Waals surface area contributed by atoms with Crippen molar-refractivity contribution in [3.8, 4) is 17.3 Å². The fraction of sp³-hybridized carbons (Fsp3) is 0.158. The maximum atomic E-state index is 13.0. The summed E-state index contributed by atoms with van der Waals surface area (Å²) in [7, 11) is 1.25. The fourth-order valence-corrected chi connectivity index (χ4v) is 3.96. The molecule has 0 saturated heterocycles. The quantitative estimate of drug-likeness (QED) is 0.625. The van der Waals surface area contributed by atoms with Crippen LogP contribution in [0.25, 0.3) is 11.3 Å². The highest BCUT2D eigenvalue weighted by Crippen LogP contribution is 2.35. The summed E-state index contributed by atoms with van der Waals surface area (Å²) in [6.07, 6.45) is 0. The minimum absolute atomic E-state index is 0.197. The molecule has 1 N–H and O–H groups in total. The first kappa shape index (κ1) is 19.6. The number of hydrogen-bond donors (Lipinski definition) is 1. The molecule has 3 aromatic rings. The first-order valence-electron chi connectivity index (χ1n) is 8.03. The molecule has 0 fully saturated rings. The summed E-state index contributed by atoms with van der Waals surface area (Å²) in [5, 5.41) is 16.7. The number of hydrogen-bond acceptors (Lipinski definition) is 7. The Morgan fingerprint density at radius 2 is 2.04 bits per heavy atom. The average Bonchev–Trinajstić information content (AvgIpc) is 3.21. The molecular weight excluding hydrogens is 402 g/mol. The SMILES string of the molecule is COC(=O)c1sc(NC(=O)c2c(-c3ccccc3Cl)noc2C)c(C#N)c1C. The van der Waals surface area contributed by atoms with Gasteiger partial charge in [-0.1, -0.05) is 35.0 Å². The Morgan fingerprint density at radius 3 is 2.68 bits per heavy atom. The Bertz CT molecular complexity index is 1130. The lowest BCUT2D eigenvalue weighted by Gasteiger charge is -2.05. The molecule has 2 heterocycles. The highest BCUT2D eigenvalue weighted by molar-refractivity contribution is 7.18. The number of rotatable bonds is 4. The number of nitrogens with one attached hydrogen (secondary N) is 1. The van der Waals surface area contributed by atoms with Crippen LogP contribution in [0.4, 0.5) is 5.00 Å². The number of aromatic nitrogens is 1. The highest BCUT2D eigenvalue weighted by atomic mass is 35.5. The Balaban J connectivity index is 2.02. The molecule has 142 valence electrons. The summed E-state index contributed by atoms with van der Waals surface area (Å²) in [6.45, 7) is 3.23. The molecule has 1 amide bonds. The molecule has 0 saturated carbocycles. The molecular formula is C19H14ClN3O4S. The number of methoxy groups -OCH3 is 1. The molecule has 9 heteroatoms. The number of amides is 1. The molecule has 0 radical (unpaired) electrons. The first-order valence-corrected chi connectivity index (χ1v) is 9.22. The molecule has 3 rings (SSSR count). The van der Waals surface area contributed by atoms with E-state index in [2.05, 4.69) is 10.5 Å². The minimum atomic E-state index is -0.572. The van der Waals surface area contributed by atoms with E-state index in [0.717, 1.165) is 11.3 Å². The maximum absolute atomic E-state index is 13.0. The van der Waals surface area contributed by atoms with Crippen LogP contribution in [0.3, 0.4) is 0 Å². The lowest BCUT2D eigenvalue weighted by molar-refractivity contribution is 0.0605. The van der Waals surface area contributed by atoms with Crippen LogP contribution in [0, 0.1) is 25.2 Å². The van der Waals surface area contributed by atoms with Crippen LogP contribution in [-0.4, -0.2) is 24.1 Å². The van der Waals surface area contributed by atoms with Crippen molar-refractivity contribution in [3.05, 3.63) is 56.6 Å². The van der Waals surface area contributed by atoms with Gasteiger partial charge in [0.25, 0.3) is 5.91 Å². The van der Waals surface area contributed by atoms with Crippen molar-refractivity contribution >= 4 is 39.8 Å². The number of halogens is 1. The van der Waals surface area contributed by atoms with Crippen molar-refractivity contribution in [2.24, 2.45) is 0 Å². The summed E-state index contributed by atoms with van der Waals surface area (Å²) < 4.78 is 9.93. The van der Waals surface area contributed by atoms with Crippen molar-refractivity contribution in [2.75, 3.05) is 12.4 Å². The van der Waals surface area contributed by atoms with Gasteiger partial charge in [0, 0.05) is 5.56 Å². The predicted octanol–water partition coefficient (Wildman–Crippen LogP) is 4.58. The van der Waals surface area contributed by atoms with Crippen LogP contribution in [0.2, 0.25) is 5.02 Å². The number of ether oxygens (including phenoxy) is 1. The van der Waals surface area contributed by atoms with E-state index in [9.17, 15) is 14.9 Å². The van der Waals surface area contributed by atoms with E-state index in [1.165, 1.54) is 7.11 Å². The molecule has 7 nitrogen and oxygen atoms in total. The van der Waals surface area contributed by atoms with Crippen LogP contribution >= 0.6 is 22.9 Å². The number of carbonyl (C=O) groups excluding carboxylic acids is 2. The third-order valence-electron chi connectivity index (χ3n) is 4.08. The number of thiophene rings is 1. The topological polar surface area (TPSA) is 105 Å². The van der Waals surface area contributed by atoms with E-state index in [0.29, 0.717) is 27.6 Å².